The minimum absolute atomic E-state index is 0. The quantitative estimate of drug-likeness (QED) is 0.825. The van der Waals surface area contributed by atoms with Gasteiger partial charge in [0, 0.05) is 25.3 Å². The second-order valence-corrected chi connectivity index (χ2v) is 4.12. The molecule has 1 aromatic rings. The third-order valence-electron chi connectivity index (χ3n) is 2.79. The summed E-state index contributed by atoms with van der Waals surface area (Å²) in [4.78, 5) is 10.6. The zero-order valence-corrected chi connectivity index (χ0v) is 10.8. The number of hydrogen-bond acceptors (Lipinski definition) is 4. The maximum atomic E-state index is 5.83. The van der Waals surface area contributed by atoms with Crippen molar-refractivity contribution in [2.24, 2.45) is 0 Å². The van der Waals surface area contributed by atoms with E-state index in [1.54, 1.807) is 12.3 Å². The van der Waals surface area contributed by atoms with E-state index in [0.717, 1.165) is 31.9 Å². The normalized spacial score (nSPS) is 17.0. The van der Waals surface area contributed by atoms with Gasteiger partial charge in [-0.25, -0.2) is 9.97 Å². The van der Waals surface area contributed by atoms with Gasteiger partial charge in [-0.15, -0.1) is 12.4 Å². The van der Waals surface area contributed by atoms with Crippen molar-refractivity contribution in [1.29, 1.82) is 0 Å². The van der Waals surface area contributed by atoms with Gasteiger partial charge in [0.15, 0.2) is 0 Å². The number of anilines is 1. The van der Waals surface area contributed by atoms with E-state index in [2.05, 4.69) is 20.2 Å². The summed E-state index contributed by atoms with van der Waals surface area (Å²) in [5.74, 6) is 0.747. The van der Waals surface area contributed by atoms with Gasteiger partial charge in [0.1, 0.15) is 5.15 Å². The van der Waals surface area contributed by atoms with Crippen LogP contribution in [0.2, 0.25) is 5.15 Å². The Kier molecular flexibility index (Phi) is 5.25. The van der Waals surface area contributed by atoms with Crippen LogP contribution < -0.4 is 10.2 Å². The van der Waals surface area contributed by atoms with E-state index in [1.807, 2.05) is 7.05 Å². The molecule has 1 aromatic heterocycles. The van der Waals surface area contributed by atoms with Gasteiger partial charge in [-0.2, -0.15) is 0 Å². The van der Waals surface area contributed by atoms with Crippen LogP contribution in [0.25, 0.3) is 0 Å². The summed E-state index contributed by atoms with van der Waals surface area (Å²) < 4.78 is 0. The largest absolute Gasteiger partial charge is 0.341 e. The van der Waals surface area contributed by atoms with E-state index in [0.29, 0.717) is 11.2 Å². The Morgan fingerprint density at radius 2 is 2.12 bits per heavy atom. The number of rotatable bonds is 2. The molecule has 1 N–H and O–H groups in total. The van der Waals surface area contributed by atoms with Crippen LogP contribution in [-0.2, 0) is 0 Å². The van der Waals surface area contributed by atoms with Crippen molar-refractivity contribution in [1.82, 2.24) is 15.3 Å². The zero-order chi connectivity index (χ0) is 10.7. The number of hydrogen-bond donors (Lipinski definition) is 1. The Bertz CT molecular complexity index is 326. The molecule has 0 aromatic carbocycles. The highest BCUT2D eigenvalue weighted by atomic mass is 35.5. The lowest BCUT2D eigenvalue weighted by molar-refractivity contribution is 0.439. The Hall–Kier alpha value is -0.580. The highest BCUT2D eigenvalue weighted by Gasteiger charge is 2.19. The van der Waals surface area contributed by atoms with Crippen LogP contribution in [0.1, 0.15) is 12.8 Å². The average Bonchev–Trinajstić information content (AvgIpc) is 2.29. The summed E-state index contributed by atoms with van der Waals surface area (Å²) in [5, 5.41) is 3.80. The summed E-state index contributed by atoms with van der Waals surface area (Å²) >= 11 is 5.83. The molecule has 1 saturated heterocycles. The lowest BCUT2D eigenvalue weighted by atomic mass is 10.1. The lowest BCUT2D eigenvalue weighted by Gasteiger charge is -2.31. The van der Waals surface area contributed by atoms with Crippen LogP contribution >= 0.6 is 24.0 Å². The molecule has 4 nitrogen and oxygen atoms in total. The topological polar surface area (TPSA) is 41.0 Å². The molecule has 0 bridgehead atoms. The molecule has 0 saturated carbocycles. The molecular weight excluding hydrogens is 247 g/mol. The first kappa shape index (κ1) is 13.5. The first-order valence-electron chi connectivity index (χ1n) is 5.20. The summed E-state index contributed by atoms with van der Waals surface area (Å²) in [6.45, 7) is 1.98. The van der Waals surface area contributed by atoms with Crippen molar-refractivity contribution in [3.8, 4) is 0 Å². The molecule has 0 aliphatic carbocycles. The van der Waals surface area contributed by atoms with Gasteiger partial charge in [-0.05, 0) is 26.0 Å². The molecule has 16 heavy (non-hydrogen) atoms. The van der Waals surface area contributed by atoms with Crippen LogP contribution in [0.5, 0.6) is 0 Å². The maximum absolute atomic E-state index is 5.83. The fraction of sp³-hybridized carbons (Fsp3) is 0.600. The van der Waals surface area contributed by atoms with E-state index in [4.69, 9.17) is 11.6 Å². The Morgan fingerprint density at radius 3 is 2.69 bits per heavy atom. The molecule has 0 atom stereocenters. The molecule has 0 amide bonds. The van der Waals surface area contributed by atoms with E-state index < -0.39 is 0 Å². The van der Waals surface area contributed by atoms with E-state index >= 15 is 0 Å². The van der Waals surface area contributed by atoms with E-state index in [9.17, 15) is 0 Å². The Morgan fingerprint density at radius 1 is 1.44 bits per heavy atom. The molecule has 2 heterocycles. The number of nitrogens with one attached hydrogen (secondary N) is 1. The van der Waals surface area contributed by atoms with Crippen LogP contribution in [-0.4, -0.2) is 36.1 Å². The van der Waals surface area contributed by atoms with E-state index in [-0.39, 0.29) is 12.4 Å². The van der Waals surface area contributed by atoms with Crippen molar-refractivity contribution in [3.05, 3.63) is 17.4 Å². The second-order valence-electron chi connectivity index (χ2n) is 3.73. The minimum atomic E-state index is 0. The van der Waals surface area contributed by atoms with Gasteiger partial charge >= 0.3 is 0 Å². The molecule has 1 aliphatic heterocycles. The smallest absolute Gasteiger partial charge is 0.226 e. The molecule has 90 valence electrons. The van der Waals surface area contributed by atoms with Crippen LogP contribution in [0, 0.1) is 0 Å². The molecule has 0 unspecified atom stereocenters. The van der Waals surface area contributed by atoms with Crippen molar-refractivity contribution >= 4 is 30.0 Å². The predicted octanol–water partition coefficient (Wildman–Crippen LogP) is 1.74. The SMILES string of the molecule is CNC1CCN(c2nccc(Cl)n2)CC1.Cl. The first-order chi connectivity index (χ1) is 7.29. The third kappa shape index (κ3) is 3.20. The van der Waals surface area contributed by atoms with Crippen molar-refractivity contribution in [2.45, 2.75) is 18.9 Å². The summed E-state index contributed by atoms with van der Waals surface area (Å²) in [7, 11) is 2.01. The molecule has 0 spiro atoms. The highest BCUT2D eigenvalue weighted by molar-refractivity contribution is 6.29. The van der Waals surface area contributed by atoms with Gasteiger partial charge in [0.05, 0.1) is 0 Å². The molecule has 1 aliphatic rings. The molecule has 2 rings (SSSR count). The molecule has 6 heteroatoms. The van der Waals surface area contributed by atoms with Gasteiger partial charge in [-0.1, -0.05) is 11.6 Å². The van der Waals surface area contributed by atoms with Crippen LogP contribution in [0.3, 0.4) is 0 Å². The molecular formula is C10H16Cl2N4. The number of halogens is 2. The van der Waals surface area contributed by atoms with Gasteiger partial charge < -0.3 is 10.2 Å². The van der Waals surface area contributed by atoms with Crippen molar-refractivity contribution in [3.63, 3.8) is 0 Å². The van der Waals surface area contributed by atoms with Crippen LogP contribution in [0.4, 0.5) is 5.95 Å². The zero-order valence-electron chi connectivity index (χ0n) is 9.19. The second kappa shape index (κ2) is 6.23. The summed E-state index contributed by atoms with van der Waals surface area (Å²) in [6, 6.07) is 2.33. The fourth-order valence-corrected chi connectivity index (χ4v) is 1.98. The predicted molar refractivity (Wildman–Crippen MR) is 68.6 cm³/mol. The first-order valence-corrected chi connectivity index (χ1v) is 5.58. The van der Waals surface area contributed by atoms with Gasteiger partial charge in [0.2, 0.25) is 5.95 Å². The van der Waals surface area contributed by atoms with Crippen molar-refractivity contribution < 1.29 is 0 Å². The maximum Gasteiger partial charge on any atom is 0.226 e. The Labute approximate surface area is 107 Å². The molecule has 0 radical (unpaired) electrons. The summed E-state index contributed by atoms with van der Waals surface area (Å²) in [5.41, 5.74) is 0. The number of aromatic nitrogens is 2. The average molecular weight is 263 g/mol. The lowest BCUT2D eigenvalue weighted by Crippen LogP contribution is -2.41. The van der Waals surface area contributed by atoms with Gasteiger partial charge in [0.25, 0.3) is 0 Å². The number of piperidine rings is 1. The highest BCUT2D eigenvalue weighted by Crippen LogP contribution is 2.16. The molecule has 1 fully saturated rings. The van der Waals surface area contributed by atoms with Crippen molar-refractivity contribution in [2.75, 3.05) is 25.0 Å². The van der Waals surface area contributed by atoms with Gasteiger partial charge in [-0.3, -0.25) is 0 Å². The summed E-state index contributed by atoms with van der Waals surface area (Å²) in [6.07, 6.45) is 3.97. The van der Waals surface area contributed by atoms with E-state index in [1.165, 1.54) is 0 Å². The monoisotopic (exact) mass is 262 g/mol. The minimum Gasteiger partial charge on any atom is -0.341 e. The Balaban J connectivity index is 0.00000128. The van der Waals surface area contributed by atoms with Crippen LogP contribution in [0.15, 0.2) is 12.3 Å². The number of nitrogens with zero attached hydrogens (tertiary/aromatic N) is 3. The standard InChI is InChI=1S/C10H15ClN4.ClH/c1-12-8-3-6-15(7-4-8)10-13-5-2-9(11)14-10;/h2,5,8,12H,3-4,6-7H2,1H3;1H. The fourth-order valence-electron chi connectivity index (χ4n) is 1.85. The third-order valence-corrected chi connectivity index (χ3v) is 3.01.